The van der Waals surface area contributed by atoms with Crippen LogP contribution in [0.15, 0.2) is 60.7 Å². The van der Waals surface area contributed by atoms with Crippen LogP contribution in [0.3, 0.4) is 0 Å². The van der Waals surface area contributed by atoms with Crippen molar-refractivity contribution < 1.29 is 45.1 Å². The van der Waals surface area contributed by atoms with E-state index in [2.05, 4.69) is 9.74 Å². The van der Waals surface area contributed by atoms with E-state index >= 15 is 4.39 Å². The number of amides is 1. The van der Waals surface area contributed by atoms with Gasteiger partial charge in [0.25, 0.3) is 10.0 Å². The molecule has 0 bridgehead atoms. The maximum atomic E-state index is 15.3. The number of ether oxygens (including phenoxy) is 1. The van der Waals surface area contributed by atoms with E-state index in [-0.39, 0.29) is 30.2 Å². The average molecular weight is 718 g/mol. The fourth-order valence-electron chi connectivity index (χ4n) is 5.55. The van der Waals surface area contributed by atoms with Crippen molar-refractivity contribution in [2.24, 2.45) is 5.92 Å². The predicted molar refractivity (Wildman–Crippen MR) is 166 cm³/mol. The van der Waals surface area contributed by atoms with Crippen molar-refractivity contribution in [1.82, 2.24) is 9.37 Å². The molecule has 0 radical (unpaired) electrons. The van der Waals surface area contributed by atoms with Crippen molar-refractivity contribution in [3.8, 4) is 5.75 Å². The highest BCUT2D eigenvalue weighted by Gasteiger charge is 2.46. The van der Waals surface area contributed by atoms with E-state index in [1.165, 1.54) is 0 Å². The Morgan fingerprint density at radius 3 is 1.94 bits per heavy atom. The molecular weight excluding hydrogens is 687 g/mol. The summed E-state index contributed by atoms with van der Waals surface area (Å²) in [5, 5.41) is 1.27. The van der Waals surface area contributed by atoms with Gasteiger partial charge in [-0.25, -0.2) is 17.6 Å². The van der Waals surface area contributed by atoms with Gasteiger partial charge in [0.2, 0.25) is 0 Å². The average Bonchev–Trinajstić information content (AvgIpc) is 3.85. The molecule has 3 aromatic carbocycles. The van der Waals surface area contributed by atoms with Crippen LogP contribution in [0.5, 0.6) is 5.75 Å². The van der Waals surface area contributed by atoms with Crippen molar-refractivity contribution in [2.45, 2.75) is 43.8 Å². The number of alkyl halides is 3. The van der Waals surface area contributed by atoms with Gasteiger partial charge >= 0.3 is 18.1 Å². The predicted octanol–water partition coefficient (Wildman–Crippen LogP) is 7.31. The monoisotopic (exact) mass is 716 g/mol. The zero-order valence-electron chi connectivity index (χ0n) is 25.0. The van der Waals surface area contributed by atoms with Crippen molar-refractivity contribution in [2.75, 3.05) is 26.0 Å². The number of rotatable bonds is 9. The number of piperidine rings is 1. The first kappa shape index (κ1) is 34.9. The number of carbonyl (C=O) groups excluding carboxylic acids is 2. The Bertz CT molecular complexity index is 1680. The molecule has 3 aromatic rings. The third-order valence-corrected chi connectivity index (χ3v) is 9.42. The molecule has 1 amide bonds. The first-order chi connectivity index (χ1) is 22.1. The quantitative estimate of drug-likeness (QED) is 0.169. The van der Waals surface area contributed by atoms with Gasteiger partial charge in [0.1, 0.15) is 11.6 Å². The third kappa shape index (κ3) is 8.56. The summed E-state index contributed by atoms with van der Waals surface area (Å²) < 4.78 is 82.9. The largest absolute Gasteiger partial charge is 0.493 e. The van der Waals surface area contributed by atoms with Crippen LogP contribution in [0.2, 0.25) is 10.0 Å². The number of hydroxylamine groups is 1. The standard InChI is InChI=1S/C32H30Cl2F4N2O6S/c1-47(43,44)40(46-31(42)32(36,37)38)30(41)26-16-25(20-2-3-20)28(17-27(26)35)45-18-19-12-14-39(15-13-19)29(21-4-8-23(33)9-5-21)22-6-10-24(34)11-7-22/h4-11,16-17,19-20,29H,2-3,12-15,18H2,1H3. The molecule has 1 saturated heterocycles. The van der Waals surface area contributed by atoms with Crippen LogP contribution in [0.1, 0.15) is 64.7 Å². The smallest absolute Gasteiger partial charge is 0.493 e. The van der Waals surface area contributed by atoms with E-state index in [9.17, 15) is 31.2 Å². The summed E-state index contributed by atoms with van der Waals surface area (Å²) in [6, 6.07) is 17.3. The van der Waals surface area contributed by atoms with Crippen LogP contribution in [-0.2, 0) is 19.7 Å². The van der Waals surface area contributed by atoms with Crippen LogP contribution in [0.25, 0.3) is 0 Å². The van der Waals surface area contributed by atoms with Crippen molar-refractivity contribution in [1.29, 1.82) is 0 Å². The Labute approximate surface area is 279 Å². The summed E-state index contributed by atoms with van der Waals surface area (Å²) in [5.74, 6) is -5.82. The molecule has 1 saturated carbocycles. The highest BCUT2D eigenvalue weighted by atomic mass is 35.5. The van der Waals surface area contributed by atoms with Gasteiger partial charge in [-0.2, -0.15) is 13.2 Å². The fourth-order valence-corrected chi connectivity index (χ4v) is 6.40. The lowest BCUT2D eigenvalue weighted by Crippen LogP contribution is -2.42. The number of carbonyl (C=O) groups is 2. The maximum absolute atomic E-state index is 15.3. The topological polar surface area (TPSA) is 93.2 Å². The lowest BCUT2D eigenvalue weighted by atomic mass is 9.91. The Morgan fingerprint density at radius 2 is 1.47 bits per heavy atom. The number of nitrogens with zero attached hydrogens (tertiary/aromatic N) is 2. The van der Waals surface area contributed by atoms with Gasteiger partial charge < -0.3 is 9.57 Å². The molecule has 0 unspecified atom stereocenters. The van der Waals surface area contributed by atoms with Crippen LogP contribution in [0, 0.1) is 11.7 Å². The summed E-state index contributed by atoms with van der Waals surface area (Å²) in [6.07, 6.45) is -2.34. The number of sulfonamides is 1. The fraction of sp³-hybridized carbons (Fsp3) is 0.375. The van der Waals surface area contributed by atoms with Crippen LogP contribution in [-0.4, -0.2) is 61.8 Å². The molecular formula is C32H30Cl2F4N2O6S. The Morgan fingerprint density at radius 1 is 0.936 bits per heavy atom. The molecule has 0 N–H and O–H groups in total. The lowest BCUT2D eigenvalue weighted by Gasteiger charge is -2.38. The number of likely N-dealkylation sites (tertiary alicyclic amines) is 1. The zero-order chi connectivity index (χ0) is 34.1. The first-order valence-corrected chi connectivity index (χ1v) is 17.3. The molecule has 8 nitrogen and oxygen atoms in total. The third-order valence-electron chi connectivity index (χ3n) is 8.07. The summed E-state index contributed by atoms with van der Waals surface area (Å²) in [5.41, 5.74) is 1.69. The van der Waals surface area contributed by atoms with E-state index in [4.69, 9.17) is 27.9 Å². The highest BCUT2D eigenvalue weighted by molar-refractivity contribution is 7.88. The van der Waals surface area contributed by atoms with Gasteiger partial charge in [0.05, 0.1) is 24.5 Å². The van der Waals surface area contributed by atoms with Gasteiger partial charge in [-0.1, -0.05) is 51.9 Å². The van der Waals surface area contributed by atoms with E-state index < -0.39 is 43.9 Å². The molecule has 1 aliphatic carbocycles. The summed E-state index contributed by atoms with van der Waals surface area (Å²) in [6.45, 7) is 1.71. The van der Waals surface area contributed by atoms with Crippen LogP contribution in [0.4, 0.5) is 17.6 Å². The number of hydrogen-bond donors (Lipinski definition) is 0. The first-order valence-electron chi connectivity index (χ1n) is 14.7. The second-order valence-electron chi connectivity index (χ2n) is 11.6. The van der Waals surface area contributed by atoms with Gasteiger partial charge in [-0.05, 0) is 97.6 Å². The van der Waals surface area contributed by atoms with E-state index in [1.54, 1.807) is 0 Å². The molecule has 47 heavy (non-hydrogen) atoms. The van der Waals surface area contributed by atoms with E-state index in [0.717, 1.165) is 49.2 Å². The van der Waals surface area contributed by atoms with Crippen molar-refractivity contribution >= 4 is 45.1 Å². The molecule has 0 aromatic heterocycles. The molecule has 5 rings (SSSR count). The Balaban J connectivity index is 1.29. The van der Waals surface area contributed by atoms with Crippen LogP contribution >= 0.6 is 23.2 Å². The molecule has 15 heteroatoms. The Kier molecular flexibility index (Phi) is 10.4. The number of halogens is 6. The number of hydrogen-bond acceptors (Lipinski definition) is 7. The van der Waals surface area contributed by atoms with E-state index in [1.807, 2.05) is 48.5 Å². The minimum Gasteiger partial charge on any atom is -0.493 e. The van der Waals surface area contributed by atoms with Crippen molar-refractivity contribution in [3.63, 3.8) is 0 Å². The van der Waals surface area contributed by atoms with Gasteiger partial charge in [-0.3, -0.25) is 9.69 Å². The Hall–Kier alpha value is -3.39. The molecule has 1 aliphatic heterocycles. The van der Waals surface area contributed by atoms with Gasteiger partial charge in [-0.15, -0.1) is 0 Å². The molecule has 2 aliphatic rings. The van der Waals surface area contributed by atoms with Crippen LogP contribution < -0.4 is 4.74 Å². The SMILES string of the molecule is CS(=O)(=O)N(OC(=O)C(F)(F)F)C(=O)c1cc(C2CC2)c(OCC2CCN(C(c3ccc(Cl)cc3)c3ccc(Cl)cc3)CC2)cc1F. The molecule has 0 spiro atoms. The normalized spacial score (nSPS) is 16.3. The summed E-state index contributed by atoms with van der Waals surface area (Å²) in [4.78, 5) is 30.4. The zero-order valence-corrected chi connectivity index (χ0v) is 27.3. The summed E-state index contributed by atoms with van der Waals surface area (Å²) in [7, 11) is -4.86. The van der Waals surface area contributed by atoms with Gasteiger partial charge in [0, 0.05) is 16.1 Å². The van der Waals surface area contributed by atoms with Gasteiger partial charge in [0.15, 0.2) is 0 Å². The molecule has 2 fully saturated rings. The maximum Gasteiger partial charge on any atom is 0.493 e. The molecule has 252 valence electrons. The molecule has 1 heterocycles. The number of benzene rings is 3. The summed E-state index contributed by atoms with van der Waals surface area (Å²) >= 11 is 12.3. The minimum absolute atomic E-state index is 0.0334. The van der Waals surface area contributed by atoms with E-state index in [0.29, 0.717) is 34.7 Å². The lowest BCUT2D eigenvalue weighted by molar-refractivity contribution is -0.216. The minimum atomic E-state index is -5.60. The highest BCUT2D eigenvalue weighted by Crippen LogP contribution is 2.45. The second-order valence-corrected chi connectivity index (χ2v) is 14.3. The van der Waals surface area contributed by atoms with Crippen molar-refractivity contribution in [3.05, 3.63) is 98.8 Å². The molecule has 0 atom stereocenters. The second kappa shape index (κ2) is 14.0.